The molecule has 0 radical (unpaired) electrons. The van der Waals surface area contributed by atoms with Crippen LogP contribution in [-0.2, 0) is 0 Å². The molecule has 1 saturated heterocycles. The van der Waals surface area contributed by atoms with E-state index in [-0.39, 0.29) is 5.41 Å². The number of nitrogens with zero attached hydrogens (tertiary/aromatic N) is 2. The van der Waals surface area contributed by atoms with Gasteiger partial charge in [-0.25, -0.2) is 0 Å². The molecule has 2 fully saturated rings. The summed E-state index contributed by atoms with van der Waals surface area (Å²) in [6, 6.07) is 3.51. The predicted octanol–water partition coefficient (Wildman–Crippen LogP) is 7.09. The van der Waals surface area contributed by atoms with Gasteiger partial charge in [-0.15, -0.1) is 0 Å². The van der Waals surface area contributed by atoms with Crippen LogP contribution in [0, 0.1) is 22.7 Å². The third-order valence-corrected chi connectivity index (χ3v) is 7.29. The fraction of sp³-hybridized carbons (Fsp3) is 0.958. The van der Waals surface area contributed by atoms with E-state index in [9.17, 15) is 5.26 Å². The van der Waals surface area contributed by atoms with Crippen molar-refractivity contribution in [2.24, 2.45) is 11.3 Å². The van der Waals surface area contributed by atoms with E-state index in [2.05, 4.69) is 24.8 Å². The lowest BCUT2D eigenvalue weighted by Gasteiger charge is -2.43. The van der Waals surface area contributed by atoms with Gasteiger partial charge < -0.3 is 4.90 Å². The summed E-state index contributed by atoms with van der Waals surface area (Å²) in [5.74, 6) is 0.989. The summed E-state index contributed by atoms with van der Waals surface area (Å²) in [6.45, 7) is 7.20. The Morgan fingerprint density at radius 3 is 2.04 bits per heavy atom. The highest BCUT2D eigenvalue weighted by atomic mass is 15.2. The molecule has 2 aliphatic rings. The molecule has 0 bridgehead atoms. The van der Waals surface area contributed by atoms with Crippen LogP contribution in [0.15, 0.2) is 0 Å². The summed E-state index contributed by atoms with van der Waals surface area (Å²) in [7, 11) is 0. The predicted molar refractivity (Wildman–Crippen MR) is 112 cm³/mol. The molecule has 26 heavy (non-hydrogen) atoms. The molecule has 0 N–H and O–H groups in total. The normalized spacial score (nSPS) is 28.1. The van der Waals surface area contributed by atoms with Gasteiger partial charge in [-0.1, -0.05) is 71.6 Å². The van der Waals surface area contributed by atoms with Crippen LogP contribution in [0.2, 0.25) is 0 Å². The van der Waals surface area contributed by atoms with E-state index in [1.165, 1.54) is 96.6 Å². The van der Waals surface area contributed by atoms with Crippen molar-refractivity contribution in [1.82, 2.24) is 4.90 Å². The zero-order valence-corrected chi connectivity index (χ0v) is 17.8. The van der Waals surface area contributed by atoms with Gasteiger partial charge in [-0.3, -0.25) is 0 Å². The molecule has 0 unspecified atom stereocenters. The van der Waals surface area contributed by atoms with Gasteiger partial charge in [0.25, 0.3) is 0 Å². The van der Waals surface area contributed by atoms with Crippen molar-refractivity contribution in [3.63, 3.8) is 0 Å². The first-order chi connectivity index (χ1) is 12.7. The minimum absolute atomic E-state index is 0.0157. The van der Waals surface area contributed by atoms with Crippen molar-refractivity contribution in [3.05, 3.63) is 0 Å². The first kappa shape index (κ1) is 21.7. The molecule has 150 valence electrons. The molecule has 0 aromatic rings. The second-order valence-corrected chi connectivity index (χ2v) is 9.26. The van der Waals surface area contributed by atoms with Gasteiger partial charge in [0.1, 0.15) is 0 Å². The summed E-state index contributed by atoms with van der Waals surface area (Å²) in [5.41, 5.74) is 0.0157. The smallest absolute Gasteiger partial charge is 0.0689 e. The molecule has 1 saturated carbocycles. The molecular weight excluding hydrogens is 316 g/mol. The quantitative estimate of drug-likeness (QED) is 0.368. The summed E-state index contributed by atoms with van der Waals surface area (Å²) >= 11 is 0. The summed E-state index contributed by atoms with van der Waals surface area (Å²) in [5, 5.41) is 9.79. The Hall–Kier alpha value is -0.550. The van der Waals surface area contributed by atoms with Gasteiger partial charge in [0.05, 0.1) is 11.5 Å². The number of rotatable bonds is 11. The van der Waals surface area contributed by atoms with E-state index in [4.69, 9.17) is 0 Å². The average Bonchev–Trinajstić information content (AvgIpc) is 2.70. The number of piperidine rings is 1. The van der Waals surface area contributed by atoms with Gasteiger partial charge in [-0.05, 0) is 64.0 Å². The van der Waals surface area contributed by atoms with E-state index in [1.54, 1.807) is 0 Å². The third-order valence-electron chi connectivity index (χ3n) is 7.29. The summed E-state index contributed by atoms with van der Waals surface area (Å²) in [6.07, 6.45) is 21.1. The molecule has 1 aliphatic carbocycles. The molecule has 0 spiro atoms. The maximum atomic E-state index is 9.79. The third kappa shape index (κ3) is 6.88. The molecule has 2 heteroatoms. The minimum Gasteiger partial charge on any atom is -0.300 e. The van der Waals surface area contributed by atoms with E-state index in [0.29, 0.717) is 0 Å². The van der Waals surface area contributed by atoms with Crippen LogP contribution in [0.1, 0.15) is 117 Å². The first-order valence-electron chi connectivity index (χ1n) is 11.9. The number of nitriles is 1. The topological polar surface area (TPSA) is 27.0 Å². The zero-order chi connectivity index (χ0) is 18.7. The molecule has 0 aromatic heterocycles. The van der Waals surface area contributed by atoms with Crippen molar-refractivity contribution < 1.29 is 0 Å². The lowest BCUT2D eigenvalue weighted by atomic mass is 9.70. The van der Waals surface area contributed by atoms with Crippen LogP contribution in [0.4, 0.5) is 0 Å². The van der Waals surface area contributed by atoms with Gasteiger partial charge in [0.2, 0.25) is 0 Å². The maximum absolute atomic E-state index is 9.79. The lowest BCUT2D eigenvalue weighted by molar-refractivity contribution is 0.0754. The van der Waals surface area contributed by atoms with Crippen LogP contribution >= 0.6 is 0 Å². The average molecular weight is 361 g/mol. The van der Waals surface area contributed by atoms with Crippen LogP contribution < -0.4 is 0 Å². The highest BCUT2D eigenvalue weighted by Crippen LogP contribution is 2.42. The van der Waals surface area contributed by atoms with Gasteiger partial charge in [0.15, 0.2) is 0 Å². The van der Waals surface area contributed by atoms with Crippen molar-refractivity contribution >= 4 is 0 Å². The molecule has 0 amide bonds. The summed E-state index contributed by atoms with van der Waals surface area (Å²) in [4.78, 5) is 2.78. The zero-order valence-electron chi connectivity index (χ0n) is 17.8. The lowest BCUT2D eigenvalue weighted by Crippen LogP contribution is -2.44. The van der Waals surface area contributed by atoms with Crippen LogP contribution in [0.5, 0.6) is 0 Å². The SMILES string of the molecule is CCCCCCC1CCN([C@H]2CC[C@@](C#N)(CCCCCC)CC2)CC1. The monoisotopic (exact) mass is 360 g/mol. The standard InChI is InChI=1S/C24H44N2/c1-3-5-7-9-11-22-14-19-26(20-15-22)23-12-17-24(21-25,18-13-23)16-10-8-6-4-2/h22-23H,3-20H2,1-2H3/t23-,24-. The number of unbranched alkanes of at least 4 members (excludes halogenated alkanes) is 6. The highest BCUT2D eigenvalue weighted by Gasteiger charge is 2.37. The largest absolute Gasteiger partial charge is 0.300 e. The Morgan fingerprint density at radius 1 is 0.846 bits per heavy atom. The van der Waals surface area contributed by atoms with Gasteiger partial charge in [0, 0.05) is 6.04 Å². The minimum atomic E-state index is 0.0157. The fourth-order valence-corrected chi connectivity index (χ4v) is 5.29. The van der Waals surface area contributed by atoms with Crippen LogP contribution in [0.25, 0.3) is 0 Å². The van der Waals surface area contributed by atoms with Gasteiger partial charge >= 0.3 is 0 Å². The van der Waals surface area contributed by atoms with Crippen molar-refractivity contribution in [2.75, 3.05) is 13.1 Å². The Morgan fingerprint density at radius 2 is 1.46 bits per heavy atom. The van der Waals surface area contributed by atoms with Gasteiger partial charge in [-0.2, -0.15) is 5.26 Å². The highest BCUT2D eigenvalue weighted by molar-refractivity contribution is 5.03. The van der Waals surface area contributed by atoms with Crippen molar-refractivity contribution in [2.45, 2.75) is 123 Å². The summed E-state index contributed by atoms with van der Waals surface area (Å²) < 4.78 is 0. The Labute approximate surface area is 163 Å². The fourth-order valence-electron chi connectivity index (χ4n) is 5.29. The molecular formula is C24H44N2. The number of hydrogen-bond donors (Lipinski definition) is 0. The first-order valence-corrected chi connectivity index (χ1v) is 11.9. The second kappa shape index (κ2) is 12.0. The second-order valence-electron chi connectivity index (χ2n) is 9.26. The number of likely N-dealkylation sites (tertiary alicyclic amines) is 1. The van der Waals surface area contributed by atoms with E-state index >= 15 is 0 Å². The van der Waals surface area contributed by atoms with Crippen molar-refractivity contribution in [1.29, 1.82) is 5.26 Å². The Kier molecular flexibility index (Phi) is 10.1. The van der Waals surface area contributed by atoms with E-state index < -0.39 is 0 Å². The maximum Gasteiger partial charge on any atom is 0.0689 e. The number of hydrogen-bond acceptors (Lipinski definition) is 2. The van der Waals surface area contributed by atoms with Crippen LogP contribution in [-0.4, -0.2) is 24.0 Å². The Balaban J connectivity index is 1.66. The Bertz CT molecular complexity index is 395. The molecule has 1 heterocycles. The molecule has 2 rings (SSSR count). The van der Waals surface area contributed by atoms with Crippen molar-refractivity contribution in [3.8, 4) is 6.07 Å². The molecule has 0 aromatic carbocycles. The molecule has 1 aliphatic heterocycles. The van der Waals surface area contributed by atoms with E-state index in [1.807, 2.05) is 0 Å². The molecule has 0 atom stereocenters. The molecule has 2 nitrogen and oxygen atoms in total. The van der Waals surface area contributed by atoms with E-state index in [0.717, 1.165) is 31.2 Å². The van der Waals surface area contributed by atoms with Crippen LogP contribution in [0.3, 0.4) is 0 Å².